The highest BCUT2D eigenvalue weighted by Gasteiger charge is 2.28. The number of nitrogens with one attached hydrogen (secondary N) is 1. The van der Waals surface area contributed by atoms with Gasteiger partial charge in [0, 0.05) is 38.6 Å². The summed E-state index contributed by atoms with van der Waals surface area (Å²) in [6, 6.07) is 8.56. The van der Waals surface area contributed by atoms with E-state index in [1.807, 2.05) is 0 Å². The molecule has 0 aromatic heterocycles. The number of hydrogen-bond donors (Lipinski definition) is 2. The van der Waals surface area contributed by atoms with Crippen LogP contribution in [-0.4, -0.2) is 35.7 Å². The van der Waals surface area contributed by atoms with Gasteiger partial charge in [-0.2, -0.15) is 0 Å². The van der Waals surface area contributed by atoms with Gasteiger partial charge in [0.25, 0.3) is 0 Å². The molecule has 0 spiro atoms. The van der Waals surface area contributed by atoms with Crippen molar-refractivity contribution in [2.75, 3.05) is 19.6 Å². The molecule has 2 aliphatic rings. The maximum absolute atomic E-state index is 10.0. The molecule has 0 aliphatic carbocycles. The molecule has 1 atom stereocenters. The minimum Gasteiger partial charge on any atom is -0.391 e. The standard InChI is InChI=1S/C13H18N2O/c16-13(12-5-14-6-12)9-15-7-10-3-1-2-4-11(10)8-15/h1-4,12-14,16H,5-9H2. The van der Waals surface area contributed by atoms with E-state index in [0.29, 0.717) is 5.92 Å². The Bertz CT molecular complexity index is 351. The zero-order valence-corrected chi connectivity index (χ0v) is 9.39. The third kappa shape index (κ3) is 1.86. The Morgan fingerprint density at radius 2 is 1.88 bits per heavy atom. The summed E-state index contributed by atoms with van der Waals surface area (Å²) in [6.45, 7) is 4.74. The van der Waals surface area contributed by atoms with Crippen LogP contribution in [0.2, 0.25) is 0 Å². The van der Waals surface area contributed by atoms with Crippen LogP contribution in [-0.2, 0) is 13.1 Å². The molecule has 1 unspecified atom stereocenters. The number of hydrogen-bond acceptors (Lipinski definition) is 3. The average Bonchev–Trinajstić information content (AvgIpc) is 2.56. The molecule has 2 heterocycles. The van der Waals surface area contributed by atoms with Crippen molar-refractivity contribution in [3.8, 4) is 0 Å². The van der Waals surface area contributed by atoms with Crippen LogP contribution in [0.1, 0.15) is 11.1 Å². The predicted molar refractivity (Wildman–Crippen MR) is 62.9 cm³/mol. The summed E-state index contributed by atoms with van der Waals surface area (Å²) in [5.74, 6) is 0.462. The summed E-state index contributed by atoms with van der Waals surface area (Å²) in [7, 11) is 0. The van der Waals surface area contributed by atoms with E-state index in [4.69, 9.17) is 0 Å². The Morgan fingerprint density at radius 1 is 1.25 bits per heavy atom. The van der Waals surface area contributed by atoms with Crippen molar-refractivity contribution < 1.29 is 5.11 Å². The summed E-state index contributed by atoms with van der Waals surface area (Å²) in [5.41, 5.74) is 2.84. The fourth-order valence-corrected chi connectivity index (χ4v) is 2.53. The molecule has 1 saturated heterocycles. The first-order valence-corrected chi connectivity index (χ1v) is 6.01. The number of rotatable bonds is 3. The molecular formula is C13H18N2O. The number of nitrogens with zero attached hydrogens (tertiary/aromatic N) is 1. The highest BCUT2D eigenvalue weighted by Crippen LogP contribution is 2.23. The van der Waals surface area contributed by atoms with E-state index in [0.717, 1.165) is 32.7 Å². The van der Waals surface area contributed by atoms with Crippen molar-refractivity contribution in [2.24, 2.45) is 5.92 Å². The molecule has 3 rings (SSSR count). The van der Waals surface area contributed by atoms with E-state index in [1.165, 1.54) is 11.1 Å². The molecular weight excluding hydrogens is 200 g/mol. The Labute approximate surface area is 96.1 Å². The van der Waals surface area contributed by atoms with Crippen LogP contribution in [0.25, 0.3) is 0 Å². The lowest BCUT2D eigenvalue weighted by atomic mass is 9.96. The van der Waals surface area contributed by atoms with E-state index in [2.05, 4.69) is 34.5 Å². The van der Waals surface area contributed by atoms with E-state index in [1.54, 1.807) is 0 Å². The van der Waals surface area contributed by atoms with Crippen LogP contribution in [0.15, 0.2) is 24.3 Å². The largest absolute Gasteiger partial charge is 0.391 e. The van der Waals surface area contributed by atoms with Crippen molar-refractivity contribution in [3.05, 3.63) is 35.4 Å². The second-order valence-corrected chi connectivity index (χ2v) is 4.92. The van der Waals surface area contributed by atoms with E-state index in [-0.39, 0.29) is 6.10 Å². The summed E-state index contributed by atoms with van der Waals surface area (Å²) in [5, 5.41) is 13.2. The summed E-state index contributed by atoms with van der Waals surface area (Å²) < 4.78 is 0. The molecule has 1 aromatic rings. The first-order chi connectivity index (χ1) is 7.83. The molecule has 86 valence electrons. The number of fused-ring (bicyclic) bond motifs is 1. The monoisotopic (exact) mass is 218 g/mol. The molecule has 3 heteroatoms. The van der Waals surface area contributed by atoms with Gasteiger partial charge >= 0.3 is 0 Å². The molecule has 1 fully saturated rings. The normalized spacial score (nSPS) is 22.8. The minimum absolute atomic E-state index is 0.171. The Balaban J connectivity index is 1.59. The van der Waals surface area contributed by atoms with Gasteiger partial charge in [0.05, 0.1) is 6.10 Å². The highest BCUT2D eigenvalue weighted by atomic mass is 16.3. The lowest BCUT2D eigenvalue weighted by Crippen LogP contribution is -2.51. The lowest BCUT2D eigenvalue weighted by Gasteiger charge is -2.33. The van der Waals surface area contributed by atoms with Crippen molar-refractivity contribution in [1.29, 1.82) is 0 Å². The summed E-state index contributed by atoms with van der Waals surface area (Å²) in [6.07, 6.45) is -0.171. The van der Waals surface area contributed by atoms with Crippen molar-refractivity contribution in [2.45, 2.75) is 19.2 Å². The van der Waals surface area contributed by atoms with Crippen LogP contribution in [0.3, 0.4) is 0 Å². The van der Waals surface area contributed by atoms with E-state index in [9.17, 15) is 5.11 Å². The van der Waals surface area contributed by atoms with Crippen LogP contribution in [0.4, 0.5) is 0 Å². The molecule has 1 aromatic carbocycles. The summed E-state index contributed by atoms with van der Waals surface area (Å²) >= 11 is 0. The molecule has 2 N–H and O–H groups in total. The smallest absolute Gasteiger partial charge is 0.0719 e. The van der Waals surface area contributed by atoms with Gasteiger partial charge in [-0.05, 0) is 11.1 Å². The van der Waals surface area contributed by atoms with Gasteiger partial charge in [-0.15, -0.1) is 0 Å². The summed E-state index contributed by atoms with van der Waals surface area (Å²) in [4.78, 5) is 2.34. The second kappa shape index (κ2) is 4.17. The van der Waals surface area contributed by atoms with Crippen LogP contribution < -0.4 is 5.32 Å². The van der Waals surface area contributed by atoms with Gasteiger partial charge in [0.1, 0.15) is 0 Å². The van der Waals surface area contributed by atoms with E-state index < -0.39 is 0 Å². The predicted octanol–water partition coefficient (Wildman–Crippen LogP) is 0.583. The highest BCUT2D eigenvalue weighted by molar-refractivity contribution is 5.30. The number of benzene rings is 1. The van der Waals surface area contributed by atoms with Gasteiger partial charge in [-0.25, -0.2) is 0 Å². The zero-order chi connectivity index (χ0) is 11.0. The van der Waals surface area contributed by atoms with Gasteiger partial charge in [0.2, 0.25) is 0 Å². The molecule has 0 amide bonds. The molecule has 0 radical (unpaired) electrons. The zero-order valence-electron chi connectivity index (χ0n) is 9.39. The Hall–Kier alpha value is -0.900. The average molecular weight is 218 g/mol. The van der Waals surface area contributed by atoms with Crippen molar-refractivity contribution >= 4 is 0 Å². The fourth-order valence-electron chi connectivity index (χ4n) is 2.53. The lowest BCUT2D eigenvalue weighted by molar-refractivity contribution is 0.0405. The van der Waals surface area contributed by atoms with Crippen molar-refractivity contribution in [1.82, 2.24) is 10.2 Å². The van der Waals surface area contributed by atoms with Gasteiger partial charge < -0.3 is 10.4 Å². The van der Waals surface area contributed by atoms with Gasteiger partial charge in [-0.3, -0.25) is 4.90 Å². The fraction of sp³-hybridized carbons (Fsp3) is 0.538. The van der Waals surface area contributed by atoms with Gasteiger partial charge in [0.15, 0.2) is 0 Å². The van der Waals surface area contributed by atoms with Gasteiger partial charge in [-0.1, -0.05) is 24.3 Å². The molecule has 0 saturated carbocycles. The SMILES string of the molecule is OC(CN1Cc2ccccc2C1)C1CNC1. The maximum Gasteiger partial charge on any atom is 0.0719 e. The third-order valence-corrected chi connectivity index (χ3v) is 3.71. The topological polar surface area (TPSA) is 35.5 Å². The molecule has 2 aliphatic heterocycles. The number of aliphatic hydroxyl groups excluding tert-OH is 1. The van der Waals surface area contributed by atoms with Crippen molar-refractivity contribution in [3.63, 3.8) is 0 Å². The molecule has 0 bridgehead atoms. The first-order valence-electron chi connectivity index (χ1n) is 6.01. The first kappa shape index (κ1) is 10.3. The molecule has 3 nitrogen and oxygen atoms in total. The maximum atomic E-state index is 10.0. The number of aliphatic hydroxyl groups is 1. The number of β-amino-alcohol motifs (C(OH)–C–C–N with tert-alkyl or cyclic N) is 1. The Morgan fingerprint density at radius 3 is 2.38 bits per heavy atom. The second-order valence-electron chi connectivity index (χ2n) is 4.92. The quantitative estimate of drug-likeness (QED) is 0.779. The van der Waals surface area contributed by atoms with Crippen LogP contribution in [0, 0.1) is 5.92 Å². The minimum atomic E-state index is -0.171. The third-order valence-electron chi connectivity index (χ3n) is 3.71. The van der Waals surface area contributed by atoms with E-state index >= 15 is 0 Å². The Kier molecular flexibility index (Phi) is 2.67. The van der Waals surface area contributed by atoms with Crippen LogP contribution in [0.5, 0.6) is 0 Å². The molecule has 16 heavy (non-hydrogen) atoms. The van der Waals surface area contributed by atoms with Crippen LogP contribution >= 0.6 is 0 Å².